The first-order valence-corrected chi connectivity index (χ1v) is 8.67. The number of alkyl halides is 3. The zero-order valence-corrected chi connectivity index (χ0v) is 14.2. The van der Waals surface area contributed by atoms with Crippen LogP contribution in [0.15, 0.2) is 36.0 Å². The van der Waals surface area contributed by atoms with Gasteiger partial charge in [0.15, 0.2) is 0 Å². The van der Waals surface area contributed by atoms with Gasteiger partial charge in [0.1, 0.15) is 5.75 Å². The Hall–Kier alpha value is -2.23. The Kier molecular flexibility index (Phi) is 5.31. The van der Waals surface area contributed by atoms with E-state index in [0.29, 0.717) is 17.5 Å². The van der Waals surface area contributed by atoms with Gasteiger partial charge in [0.25, 0.3) is 0 Å². The molecule has 10 heteroatoms. The van der Waals surface area contributed by atoms with Gasteiger partial charge in [-0.25, -0.2) is 4.79 Å². The quantitative estimate of drug-likeness (QED) is 0.736. The Morgan fingerprint density at radius 1 is 1.28 bits per heavy atom. The van der Waals surface area contributed by atoms with E-state index in [0.717, 1.165) is 0 Å². The van der Waals surface area contributed by atoms with Gasteiger partial charge < -0.3 is 9.47 Å². The third-order valence-electron chi connectivity index (χ3n) is 3.61. The van der Waals surface area contributed by atoms with Gasteiger partial charge in [0.05, 0.1) is 25.3 Å². The maximum absolute atomic E-state index is 13.0. The van der Waals surface area contributed by atoms with Crippen LogP contribution in [0.1, 0.15) is 24.9 Å². The van der Waals surface area contributed by atoms with E-state index in [2.05, 4.69) is 0 Å². The number of sulfonamides is 1. The molecule has 0 aliphatic carbocycles. The molecule has 0 bridgehead atoms. The molecule has 25 heavy (non-hydrogen) atoms. The van der Waals surface area contributed by atoms with Gasteiger partial charge in [-0.2, -0.15) is 21.6 Å². The molecular formula is C15H16F3NO5S. The van der Waals surface area contributed by atoms with Gasteiger partial charge in [-0.05, 0) is 24.6 Å². The minimum Gasteiger partial charge on any atom is -0.497 e. The van der Waals surface area contributed by atoms with Crippen LogP contribution in [0.3, 0.4) is 0 Å². The second-order valence-corrected chi connectivity index (χ2v) is 6.98. The molecule has 1 aliphatic heterocycles. The van der Waals surface area contributed by atoms with Crippen molar-refractivity contribution < 1.29 is 35.9 Å². The van der Waals surface area contributed by atoms with E-state index >= 15 is 0 Å². The number of ether oxygens (including phenoxy) is 2. The molecule has 1 aromatic carbocycles. The first kappa shape index (κ1) is 19.1. The van der Waals surface area contributed by atoms with Crippen LogP contribution in [0, 0.1) is 0 Å². The lowest BCUT2D eigenvalue weighted by molar-refractivity contribution is -0.138. The summed E-state index contributed by atoms with van der Waals surface area (Å²) in [5.41, 5.74) is -5.34. The van der Waals surface area contributed by atoms with Gasteiger partial charge in [-0.1, -0.05) is 12.1 Å². The van der Waals surface area contributed by atoms with Crippen molar-refractivity contribution in [3.05, 3.63) is 41.6 Å². The molecule has 0 spiro atoms. The van der Waals surface area contributed by atoms with Crippen LogP contribution in [0.5, 0.6) is 5.75 Å². The van der Waals surface area contributed by atoms with Crippen molar-refractivity contribution in [1.29, 1.82) is 0 Å². The van der Waals surface area contributed by atoms with Crippen molar-refractivity contribution in [2.24, 2.45) is 0 Å². The van der Waals surface area contributed by atoms with Gasteiger partial charge in [-0.3, -0.25) is 4.31 Å². The molecule has 1 aliphatic rings. The molecule has 0 N–H and O–H groups in total. The molecule has 0 saturated carbocycles. The highest BCUT2D eigenvalue weighted by Crippen LogP contribution is 2.41. The number of hydrogen-bond acceptors (Lipinski definition) is 5. The van der Waals surface area contributed by atoms with Crippen molar-refractivity contribution >= 4 is 16.0 Å². The van der Waals surface area contributed by atoms with Crippen LogP contribution >= 0.6 is 0 Å². The van der Waals surface area contributed by atoms with E-state index in [4.69, 9.17) is 9.47 Å². The Morgan fingerprint density at radius 2 is 1.88 bits per heavy atom. The van der Waals surface area contributed by atoms with Crippen molar-refractivity contribution in [2.45, 2.75) is 24.9 Å². The third kappa shape index (κ3) is 3.73. The second kappa shape index (κ2) is 6.95. The number of benzene rings is 1. The van der Waals surface area contributed by atoms with Crippen LogP contribution < -0.4 is 4.74 Å². The maximum atomic E-state index is 13.0. The summed E-state index contributed by atoms with van der Waals surface area (Å²) in [7, 11) is -4.23. The predicted molar refractivity (Wildman–Crippen MR) is 81.9 cm³/mol. The summed E-state index contributed by atoms with van der Waals surface area (Å²) in [6.45, 7) is 1.56. The lowest BCUT2D eigenvalue weighted by Crippen LogP contribution is -2.37. The number of halogens is 3. The standard InChI is InChI=1S/C15H16F3NO5S/c1-3-24-14(20)11-8-13(10-4-6-12(23-2)7-5-10)19(9-11)25(21,22)15(16,17)18/h4-7,9,13H,3,8H2,1-2H3/t13-/m1/s1. The molecule has 0 unspecified atom stereocenters. The highest BCUT2D eigenvalue weighted by molar-refractivity contribution is 7.90. The number of nitrogens with zero attached hydrogens (tertiary/aromatic N) is 1. The number of hydrogen-bond donors (Lipinski definition) is 0. The van der Waals surface area contributed by atoms with Gasteiger partial charge >= 0.3 is 21.5 Å². The first-order valence-electron chi connectivity index (χ1n) is 7.23. The second-order valence-electron chi connectivity index (χ2n) is 5.15. The van der Waals surface area contributed by atoms with Crippen LogP contribution in [0.25, 0.3) is 0 Å². The number of methoxy groups -OCH3 is 1. The normalized spacial score (nSPS) is 18.0. The Morgan fingerprint density at radius 3 is 2.36 bits per heavy atom. The van der Waals surface area contributed by atoms with Gasteiger partial charge in [0.2, 0.25) is 0 Å². The summed E-state index contributed by atoms with van der Waals surface area (Å²) in [4.78, 5) is 11.8. The molecule has 1 aromatic rings. The highest BCUT2D eigenvalue weighted by Gasteiger charge is 2.53. The molecular weight excluding hydrogens is 363 g/mol. The summed E-state index contributed by atoms with van der Waals surface area (Å²) < 4.78 is 72.6. The SMILES string of the molecule is CCOC(=O)C1=CN(S(=O)(=O)C(F)(F)F)[C@@H](c2ccc(OC)cc2)C1. The zero-order valence-electron chi connectivity index (χ0n) is 13.4. The molecule has 138 valence electrons. The summed E-state index contributed by atoms with van der Waals surface area (Å²) in [5, 5.41) is 0. The lowest BCUT2D eigenvalue weighted by atomic mass is 10.0. The number of esters is 1. The number of carbonyl (C=O) groups excluding carboxylic acids is 1. The van der Waals surface area contributed by atoms with E-state index in [9.17, 15) is 26.4 Å². The van der Waals surface area contributed by atoms with E-state index in [1.807, 2.05) is 0 Å². The average molecular weight is 379 g/mol. The summed E-state index contributed by atoms with van der Waals surface area (Å²) in [6, 6.07) is 4.69. The molecule has 6 nitrogen and oxygen atoms in total. The molecule has 1 heterocycles. The molecule has 1 atom stereocenters. The predicted octanol–water partition coefficient (Wildman–Crippen LogP) is 2.74. The molecule has 0 amide bonds. The van der Waals surface area contributed by atoms with Crippen molar-refractivity contribution in [2.75, 3.05) is 13.7 Å². The molecule has 0 aromatic heterocycles. The zero-order chi connectivity index (χ0) is 18.8. The van der Waals surface area contributed by atoms with Crippen LogP contribution in [0.2, 0.25) is 0 Å². The Labute approximate surface area is 142 Å². The van der Waals surface area contributed by atoms with Crippen LogP contribution in [-0.2, 0) is 19.6 Å². The smallest absolute Gasteiger partial charge is 0.497 e. The topological polar surface area (TPSA) is 72.9 Å². The molecule has 0 fully saturated rings. The Balaban J connectivity index is 2.45. The van der Waals surface area contributed by atoms with Crippen LogP contribution in [-0.4, -0.2) is 37.9 Å². The van der Waals surface area contributed by atoms with Crippen LogP contribution in [0.4, 0.5) is 13.2 Å². The van der Waals surface area contributed by atoms with Gasteiger partial charge in [0, 0.05) is 12.6 Å². The fraction of sp³-hybridized carbons (Fsp3) is 0.400. The van der Waals surface area contributed by atoms with E-state index in [-0.39, 0.29) is 22.9 Å². The summed E-state index contributed by atoms with van der Waals surface area (Å²) >= 11 is 0. The minimum atomic E-state index is -5.65. The fourth-order valence-electron chi connectivity index (χ4n) is 2.40. The minimum absolute atomic E-state index is 0.0232. The average Bonchev–Trinajstić information content (AvgIpc) is 3.00. The fourth-order valence-corrected chi connectivity index (χ4v) is 3.44. The molecule has 0 saturated heterocycles. The van der Waals surface area contributed by atoms with E-state index < -0.39 is 27.5 Å². The third-order valence-corrected chi connectivity index (χ3v) is 5.11. The van der Waals surface area contributed by atoms with Crippen molar-refractivity contribution in [3.8, 4) is 5.75 Å². The molecule has 0 radical (unpaired) electrons. The van der Waals surface area contributed by atoms with E-state index in [1.54, 1.807) is 6.92 Å². The molecule has 2 rings (SSSR count). The number of carbonyl (C=O) groups is 1. The number of rotatable bonds is 5. The highest BCUT2D eigenvalue weighted by atomic mass is 32.2. The largest absolute Gasteiger partial charge is 0.516 e. The summed E-state index contributed by atoms with van der Waals surface area (Å²) in [5.74, 6) is -0.383. The van der Waals surface area contributed by atoms with Crippen molar-refractivity contribution in [1.82, 2.24) is 4.31 Å². The van der Waals surface area contributed by atoms with Gasteiger partial charge in [-0.15, -0.1) is 0 Å². The monoisotopic (exact) mass is 379 g/mol. The Bertz CT molecular complexity index is 771. The van der Waals surface area contributed by atoms with Crippen molar-refractivity contribution in [3.63, 3.8) is 0 Å². The lowest BCUT2D eigenvalue weighted by Gasteiger charge is -2.26. The summed E-state index contributed by atoms with van der Waals surface area (Å²) in [6.07, 6.45) is 0.468. The van der Waals surface area contributed by atoms with E-state index in [1.165, 1.54) is 31.4 Å². The maximum Gasteiger partial charge on any atom is 0.516 e. The first-order chi connectivity index (χ1) is 11.6.